The number of esters is 1. The van der Waals surface area contributed by atoms with Gasteiger partial charge in [0.15, 0.2) is 0 Å². The van der Waals surface area contributed by atoms with Crippen molar-refractivity contribution in [1.82, 2.24) is 0 Å². The van der Waals surface area contributed by atoms with Crippen LogP contribution < -0.4 is 4.74 Å². The zero-order valence-corrected chi connectivity index (χ0v) is 11.1. The van der Waals surface area contributed by atoms with Gasteiger partial charge < -0.3 is 14.6 Å². The molecule has 4 heteroatoms. The number of rotatable bonds is 5. The van der Waals surface area contributed by atoms with Crippen LogP contribution >= 0.6 is 0 Å². The van der Waals surface area contributed by atoms with Gasteiger partial charge in [-0.3, -0.25) is 0 Å². The highest BCUT2D eigenvalue weighted by Gasteiger charge is 2.31. The summed E-state index contributed by atoms with van der Waals surface area (Å²) in [6.07, 6.45) is -2.20. The normalized spacial score (nSPS) is 13.3. The van der Waals surface area contributed by atoms with Gasteiger partial charge in [-0.1, -0.05) is 48.5 Å². The largest absolute Gasteiger partial charge is 0.476 e. The molecule has 0 radical (unpaired) electrons. The summed E-state index contributed by atoms with van der Waals surface area (Å²) >= 11 is 0. The van der Waals surface area contributed by atoms with Crippen LogP contribution in [0, 0.1) is 0 Å². The molecule has 0 aromatic heterocycles. The van der Waals surface area contributed by atoms with Crippen molar-refractivity contribution in [3.05, 3.63) is 66.2 Å². The molecule has 0 amide bonds. The predicted molar refractivity (Wildman–Crippen MR) is 74.3 cm³/mol. The smallest absolute Gasteiger partial charge is 0.350 e. The van der Waals surface area contributed by atoms with Gasteiger partial charge in [0.05, 0.1) is 7.11 Å². The maximum absolute atomic E-state index is 11.8. The first-order chi connectivity index (χ1) is 9.72. The molecule has 0 aliphatic rings. The summed E-state index contributed by atoms with van der Waals surface area (Å²) < 4.78 is 10.3. The van der Waals surface area contributed by atoms with E-state index >= 15 is 0 Å². The van der Waals surface area contributed by atoms with E-state index in [1.165, 1.54) is 7.11 Å². The predicted octanol–water partition coefficient (Wildman–Crippen LogP) is 2.34. The van der Waals surface area contributed by atoms with Gasteiger partial charge >= 0.3 is 5.97 Å². The van der Waals surface area contributed by atoms with Gasteiger partial charge in [0, 0.05) is 0 Å². The molecule has 4 nitrogen and oxygen atoms in total. The van der Waals surface area contributed by atoms with E-state index < -0.39 is 18.2 Å². The van der Waals surface area contributed by atoms with E-state index in [-0.39, 0.29) is 0 Å². The molecule has 0 heterocycles. The molecule has 2 rings (SSSR count). The number of aliphatic hydroxyl groups is 1. The lowest BCUT2D eigenvalue weighted by molar-refractivity contribution is -0.154. The zero-order chi connectivity index (χ0) is 14.4. The molecule has 0 aliphatic carbocycles. The third-order valence-corrected chi connectivity index (χ3v) is 2.87. The SMILES string of the molecule is COC(=O)[C@H](Oc1ccccc1)[C@H](O)c1ccccc1. The fourth-order valence-corrected chi connectivity index (χ4v) is 1.83. The lowest BCUT2D eigenvalue weighted by Crippen LogP contribution is -2.35. The summed E-state index contributed by atoms with van der Waals surface area (Å²) in [4.78, 5) is 11.8. The molecule has 20 heavy (non-hydrogen) atoms. The maximum atomic E-state index is 11.8. The average molecular weight is 272 g/mol. The summed E-state index contributed by atoms with van der Waals surface area (Å²) in [7, 11) is 1.27. The molecule has 0 spiro atoms. The van der Waals surface area contributed by atoms with Crippen molar-refractivity contribution in [2.45, 2.75) is 12.2 Å². The van der Waals surface area contributed by atoms with E-state index in [9.17, 15) is 9.90 Å². The molecule has 0 bridgehead atoms. The quantitative estimate of drug-likeness (QED) is 0.849. The van der Waals surface area contributed by atoms with E-state index in [4.69, 9.17) is 9.47 Å². The van der Waals surface area contributed by atoms with E-state index in [1.54, 1.807) is 48.5 Å². The molecule has 0 aliphatic heterocycles. The molecule has 104 valence electrons. The standard InChI is InChI=1S/C16H16O4/c1-19-16(18)15(20-13-10-6-3-7-11-13)14(17)12-8-4-2-5-9-12/h2-11,14-15,17H,1H3/t14-,15-/m1/s1. The highest BCUT2D eigenvalue weighted by Crippen LogP contribution is 2.22. The van der Waals surface area contributed by atoms with E-state index in [0.717, 1.165) is 0 Å². The Morgan fingerprint density at radius 2 is 1.55 bits per heavy atom. The number of methoxy groups -OCH3 is 1. The molecule has 0 unspecified atom stereocenters. The molecule has 0 saturated carbocycles. The number of benzene rings is 2. The first-order valence-corrected chi connectivity index (χ1v) is 6.25. The van der Waals surface area contributed by atoms with Crippen LogP contribution in [0.4, 0.5) is 0 Å². The van der Waals surface area contributed by atoms with Crippen molar-refractivity contribution in [1.29, 1.82) is 0 Å². The van der Waals surface area contributed by atoms with Crippen molar-refractivity contribution in [3.63, 3.8) is 0 Å². The summed E-state index contributed by atoms with van der Waals surface area (Å²) in [5.41, 5.74) is 0.596. The lowest BCUT2D eigenvalue weighted by Gasteiger charge is -2.22. The van der Waals surface area contributed by atoms with Crippen LogP contribution in [0.3, 0.4) is 0 Å². The Balaban J connectivity index is 2.22. The first kappa shape index (κ1) is 14.1. The number of hydrogen-bond acceptors (Lipinski definition) is 4. The van der Waals surface area contributed by atoms with Crippen LogP contribution in [-0.2, 0) is 9.53 Å². The van der Waals surface area contributed by atoms with Crippen LogP contribution in [0.1, 0.15) is 11.7 Å². The minimum atomic E-state index is -1.11. The Kier molecular flexibility index (Phi) is 4.74. The van der Waals surface area contributed by atoms with Crippen molar-refractivity contribution in [2.75, 3.05) is 7.11 Å². The molecule has 0 fully saturated rings. The van der Waals surface area contributed by atoms with Crippen molar-refractivity contribution >= 4 is 5.97 Å². The van der Waals surface area contributed by atoms with Gasteiger partial charge in [-0.2, -0.15) is 0 Å². The number of para-hydroxylation sites is 1. The zero-order valence-electron chi connectivity index (χ0n) is 11.1. The summed E-state index contributed by atoms with van der Waals surface area (Å²) in [6, 6.07) is 17.7. The second-order valence-electron chi connectivity index (χ2n) is 4.23. The third-order valence-electron chi connectivity index (χ3n) is 2.87. The van der Waals surface area contributed by atoms with Crippen molar-refractivity contribution < 1.29 is 19.4 Å². The average Bonchev–Trinajstić information content (AvgIpc) is 2.53. The minimum Gasteiger partial charge on any atom is -0.476 e. The molecular formula is C16H16O4. The summed E-state index contributed by atoms with van der Waals surface area (Å²) in [6.45, 7) is 0. The number of carbonyl (C=O) groups excluding carboxylic acids is 1. The Hall–Kier alpha value is -2.33. The monoisotopic (exact) mass is 272 g/mol. The summed E-state index contributed by atoms with van der Waals surface area (Å²) in [5, 5.41) is 10.3. The van der Waals surface area contributed by atoms with Crippen LogP contribution in [0.25, 0.3) is 0 Å². The van der Waals surface area contributed by atoms with Gasteiger partial charge in [0.25, 0.3) is 0 Å². The van der Waals surface area contributed by atoms with Gasteiger partial charge in [-0.25, -0.2) is 4.79 Å². The number of aliphatic hydroxyl groups excluding tert-OH is 1. The van der Waals surface area contributed by atoms with E-state index in [2.05, 4.69) is 0 Å². The van der Waals surface area contributed by atoms with Gasteiger partial charge in [-0.15, -0.1) is 0 Å². The first-order valence-electron chi connectivity index (χ1n) is 6.25. The highest BCUT2D eigenvalue weighted by atomic mass is 16.6. The van der Waals surface area contributed by atoms with Crippen molar-refractivity contribution in [2.24, 2.45) is 0 Å². The highest BCUT2D eigenvalue weighted by molar-refractivity contribution is 5.76. The molecular weight excluding hydrogens is 256 g/mol. The Morgan fingerprint density at radius 1 is 1.00 bits per heavy atom. The van der Waals surface area contributed by atoms with Gasteiger partial charge in [-0.05, 0) is 17.7 Å². The van der Waals surface area contributed by atoms with Crippen LogP contribution in [-0.4, -0.2) is 24.3 Å². The fraction of sp³-hybridized carbons (Fsp3) is 0.188. The second kappa shape index (κ2) is 6.73. The van der Waals surface area contributed by atoms with Crippen LogP contribution in [0.2, 0.25) is 0 Å². The molecule has 0 saturated heterocycles. The van der Waals surface area contributed by atoms with Gasteiger partial charge in [0.2, 0.25) is 6.10 Å². The fourth-order valence-electron chi connectivity index (χ4n) is 1.83. The second-order valence-corrected chi connectivity index (χ2v) is 4.23. The third kappa shape index (κ3) is 3.36. The van der Waals surface area contributed by atoms with Crippen LogP contribution in [0.15, 0.2) is 60.7 Å². The Labute approximate surface area is 117 Å². The topological polar surface area (TPSA) is 55.8 Å². The number of carbonyl (C=O) groups is 1. The molecule has 1 N–H and O–H groups in total. The number of ether oxygens (including phenoxy) is 2. The number of hydrogen-bond donors (Lipinski definition) is 1. The lowest BCUT2D eigenvalue weighted by atomic mass is 10.0. The maximum Gasteiger partial charge on any atom is 0.350 e. The van der Waals surface area contributed by atoms with Crippen LogP contribution in [0.5, 0.6) is 5.75 Å². The van der Waals surface area contributed by atoms with E-state index in [1.807, 2.05) is 12.1 Å². The Morgan fingerprint density at radius 3 is 2.10 bits per heavy atom. The summed E-state index contributed by atoms with van der Waals surface area (Å²) in [5.74, 6) is -0.122. The molecule has 2 atom stereocenters. The minimum absolute atomic E-state index is 0.498. The van der Waals surface area contributed by atoms with E-state index in [0.29, 0.717) is 11.3 Å². The Bertz CT molecular complexity index is 539. The van der Waals surface area contributed by atoms with Gasteiger partial charge in [0.1, 0.15) is 11.9 Å². The molecule has 2 aromatic rings. The molecule has 2 aromatic carbocycles. The van der Waals surface area contributed by atoms with Crippen molar-refractivity contribution in [3.8, 4) is 5.75 Å².